The van der Waals surface area contributed by atoms with Gasteiger partial charge in [0.25, 0.3) is 0 Å². The zero-order valence-electron chi connectivity index (χ0n) is 15.8. The van der Waals surface area contributed by atoms with Crippen LogP contribution in [0, 0.1) is 0 Å². The first kappa shape index (κ1) is 24.7. The molecule has 0 aliphatic carbocycles. The summed E-state index contributed by atoms with van der Waals surface area (Å²) >= 11 is 0. The van der Waals surface area contributed by atoms with E-state index in [1.807, 2.05) is 6.92 Å². The number of hydrogen-bond donors (Lipinski definition) is 2. The van der Waals surface area contributed by atoms with Gasteiger partial charge in [0.05, 0.1) is 19.8 Å². The third-order valence-electron chi connectivity index (χ3n) is 3.80. The molecule has 1 aliphatic heterocycles. The third-order valence-corrected chi connectivity index (χ3v) is 3.80. The molecule has 1 aliphatic rings. The molecule has 0 spiro atoms. The maximum absolute atomic E-state index is 12.4. The number of rotatable bonds is 8. The number of alkyl halides is 3. The normalized spacial score (nSPS) is 15.6. The lowest BCUT2D eigenvalue weighted by molar-refractivity contribution is -0.154. The maximum atomic E-state index is 12.4. The van der Waals surface area contributed by atoms with Gasteiger partial charge in [-0.1, -0.05) is 6.07 Å². The minimum Gasteiger partial charge on any atom is -0.468 e. The second kappa shape index (κ2) is 13.0. The summed E-state index contributed by atoms with van der Waals surface area (Å²) in [5, 5.41) is 6.35. The minimum absolute atomic E-state index is 0. The van der Waals surface area contributed by atoms with Crippen molar-refractivity contribution in [3.8, 4) is 5.88 Å². The Morgan fingerprint density at radius 2 is 2.07 bits per heavy atom. The molecule has 0 atom stereocenters. The van der Waals surface area contributed by atoms with Gasteiger partial charge >= 0.3 is 6.18 Å². The fourth-order valence-electron chi connectivity index (χ4n) is 2.49. The quantitative estimate of drug-likeness (QED) is 0.313. The van der Waals surface area contributed by atoms with Crippen molar-refractivity contribution < 1.29 is 22.6 Å². The van der Waals surface area contributed by atoms with E-state index in [0.717, 1.165) is 32.8 Å². The van der Waals surface area contributed by atoms with E-state index in [0.29, 0.717) is 24.6 Å². The third kappa shape index (κ3) is 9.73. The van der Waals surface area contributed by atoms with Gasteiger partial charge in [0.1, 0.15) is 0 Å². The monoisotopic (exact) mass is 517 g/mol. The summed E-state index contributed by atoms with van der Waals surface area (Å²) in [7, 11) is 0. The molecule has 1 aromatic heterocycles. The van der Waals surface area contributed by atoms with Crippen molar-refractivity contribution in [2.75, 3.05) is 52.5 Å². The van der Waals surface area contributed by atoms with Gasteiger partial charge in [0.15, 0.2) is 12.6 Å². The van der Waals surface area contributed by atoms with Gasteiger partial charge in [-0.05, 0) is 13.0 Å². The molecule has 28 heavy (non-hydrogen) atoms. The summed E-state index contributed by atoms with van der Waals surface area (Å²) in [6.45, 7) is 6.28. The van der Waals surface area contributed by atoms with E-state index < -0.39 is 12.8 Å². The van der Waals surface area contributed by atoms with E-state index in [2.05, 4.69) is 25.5 Å². The molecule has 2 N–H and O–H groups in total. The largest absolute Gasteiger partial charge is 0.468 e. The molecule has 160 valence electrons. The summed E-state index contributed by atoms with van der Waals surface area (Å²) in [5.74, 6) is 0.541. The van der Waals surface area contributed by atoms with Crippen LogP contribution in [0.2, 0.25) is 0 Å². The summed E-state index contributed by atoms with van der Waals surface area (Å²) in [6.07, 6.45) is -3.02. The molecule has 1 saturated heterocycles. The second-order valence-corrected chi connectivity index (χ2v) is 5.95. The Kier molecular flexibility index (Phi) is 11.5. The number of ether oxygens (including phenoxy) is 2. The van der Waals surface area contributed by atoms with Crippen LogP contribution in [0.3, 0.4) is 0 Å². The lowest BCUT2D eigenvalue weighted by Gasteiger charge is -2.26. The average molecular weight is 517 g/mol. The van der Waals surface area contributed by atoms with Gasteiger partial charge in [-0.2, -0.15) is 13.2 Å². The van der Waals surface area contributed by atoms with Crippen molar-refractivity contribution in [2.24, 2.45) is 4.99 Å². The van der Waals surface area contributed by atoms with Crippen LogP contribution in [0.1, 0.15) is 12.5 Å². The Morgan fingerprint density at radius 1 is 1.32 bits per heavy atom. The lowest BCUT2D eigenvalue weighted by Crippen LogP contribution is -2.44. The lowest BCUT2D eigenvalue weighted by atomic mass is 10.3. The Bertz CT molecular complexity index is 598. The molecule has 0 saturated carbocycles. The number of pyridine rings is 1. The van der Waals surface area contributed by atoms with Gasteiger partial charge in [-0.25, -0.2) is 9.98 Å². The highest BCUT2D eigenvalue weighted by atomic mass is 127. The first-order chi connectivity index (χ1) is 13.0. The van der Waals surface area contributed by atoms with Crippen molar-refractivity contribution in [1.82, 2.24) is 20.5 Å². The molecule has 0 amide bonds. The molecular formula is C17H27F3IN5O2. The van der Waals surface area contributed by atoms with Gasteiger partial charge in [0.2, 0.25) is 5.88 Å². The number of nitrogens with one attached hydrogen (secondary N) is 2. The molecule has 2 rings (SSSR count). The minimum atomic E-state index is -4.41. The molecular weight excluding hydrogens is 490 g/mol. The SMILES string of the molecule is CCNC(=NCc1cccnc1OCC(F)(F)F)NCCN1CCOCC1.I. The van der Waals surface area contributed by atoms with Crippen molar-refractivity contribution >= 4 is 29.9 Å². The number of nitrogens with zero attached hydrogens (tertiary/aromatic N) is 3. The summed E-state index contributed by atoms with van der Waals surface area (Å²) in [6, 6.07) is 3.30. The van der Waals surface area contributed by atoms with E-state index >= 15 is 0 Å². The van der Waals surface area contributed by atoms with Crippen molar-refractivity contribution in [2.45, 2.75) is 19.6 Å². The number of guanidine groups is 1. The molecule has 0 unspecified atom stereocenters. The highest BCUT2D eigenvalue weighted by Gasteiger charge is 2.29. The van der Waals surface area contributed by atoms with Crippen LogP contribution in [0.25, 0.3) is 0 Å². The summed E-state index contributed by atoms with van der Waals surface area (Å²) in [4.78, 5) is 10.6. The van der Waals surface area contributed by atoms with Crippen LogP contribution in [-0.4, -0.2) is 74.6 Å². The van der Waals surface area contributed by atoms with E-state index in [1.165, 1.54) is 6.20 Å². The van der Waals surface area contributed by atoms with E-state index in [4.69, 9.17) is 9.47 Å². The number of morpholine rings is 1. The molecule has 0 radical (unpaired) electrons. The second-order valence-electron chi connectivity index (χ2n) is 5.95. The fraction of sp³-hybridized carbons (Fsp3) is 0.647. The van der Waals surface area contributed by atoms with Crippen LogP contribution >= 0.6 is 24.0 Å². The standard InChI is InChI=1S/C17H26F3N5O2.HI/c1-2-21-16(23-6-7-25-8-10-26-11-9-25)24-12-14-4-3-5-22-15(14)27-13-17(18,19)20;/h3-5H,2,6-13H2,1H3,(H2,21,23,24);1H. The number of hydrogen-bond acceptors (Lipinski definition) is 5. The van der Waals surface area contributed by atoms with Gasteiger partial charge < -0.3 is 20.1 Å². The number of aromatic nitrogens is 1. The Balaban J connectivity index is 0.00000392. The maximum Gasteiger partial charge on any atom is 0.422 e. The summed E-state index contributed by atoms with van der Waals surface area (Å²) in [5.41, 5.74) is 0.493. The Morgan fingerprint density at radius 3 is 2.75 bits per heavy atom. The first-order valence-electron chi connectivity index (χ1n) is 8.93. The Labute approximate surface area is 180 Å². The van der Waals surface area contributed by atoms with Crippen LogP contribution in [0.5, 0.6) is 5.88 Å². The van der Waals surface area contributed by atoms with Crippen LogP contribution in [0.4, 0.5) is 13.2 Å². The predicted octanol–water partition coefficient (Wildman–Crippen LogP) is 2.03. The molecule has 11 heteroatoms. The molecule has 0 bridgehead atoms. The zero-order valence-corrected chi connectivity index (χ0v) is 18.1. The molecule has 1 aromatic rings. The average Bonchev–Trinajstić information content (AvgIpc) is 2.65. The Hall–Kier alpha value is -1.34. The van der Waals surface area contributed by atoms with Crippen LogP contribution in [0.15, 0.2) is 23.3 Å². The highest BCUT2D eigenvalue weighted by Crippen LogP contribution is 2.20. The first-order valence-corrected chi connectivity index (χ1v) is 8.93. The molecule has 0 aromatic carbocycles. The van der Waals surface area contributed by atoms with Crippen LogP contribution < -0.4 is 15.4 Å². The number of halogens is 4. The van der Waals surface area contributed by atoms with E-state index in [9.17, 15) is 13.2 Å². The van der Waals surface area contributed by atoms with Gasteiger partial charge in [-0.15, -0.1) is 24.0 Å². The van der Waals surface area contributed by atoms with Crippen molar-refractivity contribution in [3.63, 3.8) is 0 Å². The molecule has 7 nitrogen and oxygen atoms in total. The molecule has 2 heterocycles. The topological polar surface area (TPSA) is 71.0 Å². The predicted molar refractivity (Wildman–Crippen MR) is 111 cm³/mol. The smallest absolute Gasteiger partial charge is 0.422 e. The van der Waals surface area contributed by atoms with Gasteiger partial charge in [-0.3, -0.25) is 4.90 Å². The zero-order chi connectivity index (χ0) is 19.5. The van der Waals surface area contributed by atoms with E-state index in [1.54, 1.807) is 12.1 Å². The highest BCUT2D eigenvalue weighted by molar-refractivity contribution is 14.0. The fourth-order valence-corrected chi connectivity index (χ4v) is 2.49. The molecule has 1 fully saturated rings. The number of aliphatic imine (C=N–C) groups is 1. The summed E-state index contributed by atoms with van der Waals surface area (Å²) < 4.78 is 47.2. The van der Waals surface area contributed by atoms with Crippen LogP contribution in [-0.2, 0) is 11.3 Å². The van der Waals surface area contributed by atoms with E-state index in [-0.39, 0.29) is 36.4 Å². The van der Waals surface area contributed by atoms with Crippen molar-refractivity contribution in [1.29, 1.82) is 0 Å². The van der Waals surface area contributed by atoms with Crippen molar-refractivity contribution in [3.05, 3.63) is 23.9 Å². The van der Waals surface area contributed by atoms with Gasteiger partial charge in [0, 0.05) is 44.5 Å².